The Balaban J connectivity index is 2.41. The predicted molar refractivity (Wildman–Crippen MR) is 79.5 cm³/mol. The van der Waals surface area contributed by atoms with Gasteiger partial charge in [0.1, 0.15) is 17.5 Å². The van der Waals surface area contributed by atoms with Gasteiger partial charge in [0.2, 0.25) is 0 Å². The molecule has 0 bridgehead atoms. The van der Waals surface area contributed by atoms with E-state index in [1.165, 1.54) is 0 Å². The number of benzene rings is 1. The van der Waals surface area contributed by atoms with Crippen LogP contribution in [0, 0.1) is 11.3 Å². The largest absolute Gasteiger partial charge is 0.384 e. The second-order valence-corrected chi connectivity index (χ2v) is 4.32. The molecule has 0 saturated heterocycles. The highest BCUT2D eigenvalue weighted by Gasteiger charge is 2.12. The van der Waals surface area contributed by atoms with Crippen LogP contribution in [-0.2, 0) is 6.42 Å². The molecular formula is C15H17N5. The number of rotatable bonds is 5. The van der Waals surface area contributed by atoms with Gasteiger partial charge in [0.15, 0.2) is 0 Å². The Kier molecular flexibility index (Phi) is 4.51. The van der Waals surface area contributed by atoms with Crippen LogP contribution < -0.4 is 10.6 Å². The summed E-state index contributed by atoms with van der Waals surface area (Å²) in [4.78, 5) is 10.7. The zero-order chi connectivity index (χ0) is 14.4. The number of nitriles is 1. The van der Waals surface area contributed by atoms with Gasteiger partial charge in [0.25, 0.3) is 0 Å². The highest BCUT2D eigenvalue weighted by Crippen LogP contribution is 2.24. The lowest BCUT2D eigenvalue weighted by Crippen LogP contribution is -2.20. The molecular weight excluding hydrogens is 250 g/mol. The molecule has 0 spiro atoms. The fraction of sp³-hybridized carbons (Fsp3) is 0.267. The molecule has 2 N–H and O–H groups in total. The maximum atomic E-state index is 8.83. The molecule has 1 heterocycles. The van der Waals surface area contributed by atoms with Crippen molar-refractivity contribution in [1.82, 2.24) is 9.97 Å². The van der Waals surface area contributed by atoms with E-state index in [1.54, 1.807) is 6.07 Å². The van der Waals surface area contributed by atoms with E-state index in [0.29, 0.717) is 24.6 Å². The minimum Gasteiger partial charge on any atom is -0.384 e. The van der Waals surface area contributed by atoms with Gasteiger partial charge in [-0.1, -0.05) is 25.1 Å². The van der Waals surface area contributed by atoms with Gasteiger partial charge in [-0.25, -0.2) is 9.97 Å². The quantitative estimate of drug-likeness (QED) is 0.901. The Bertz CT molecular complexity index is 603. The molecule has 0 aliphatic rings. The molecule has 1 aromatic heterocycles. The van der Waals surface area contributed by atoms with Crippen LogP contribution in [0.5, 0.6) is 0 Å². The predicted octanol–water partition coefficient (Wildman–Crippen LogP) is 2.67. The van der Waals surface area contributed by atoms with Gasteiger partial charge < -0.3 is 10.6 Å². The lowest BCUT2D eigenvalue weighted by atomic mass is 10.2. The second-order valence-electron chi connectivity index (χ2n) is 4.32. The number of hydrogen-bond acceptors (Lipinski definition) is 5. The summed E-state index contributed by atoms with van der Waals surface area (Å²) in [6.45, 7) is 2.56. The normalized spacial score (nSPS) is 10.0. The lowest BCUT2D eigenvalue weighted by molar-refractivity contribution is 0.884. The maximum absolute atomic E-state index is 8.83. The Morgan fingerprint density at radius 3 is 2.65 bits per heavy atom. The van der Waals surface area contributed by atoms with Crippen molar-refractivity contribution in [3.63, 3.8) is 0 Å². The second kappa shape index (κ2) is 6.53. The molecule has 0 aliphatic carbocycles. The van der Waals surface area contributed by atoms with Crippen molar-refractivity contribution in [3.05, 3.63) is 42.2 Å². The molecule has 2 aromatic rings. The van der Waals surface area contributed by atoms with Gasteiger partial charge in [-0.3, -0.25) is 0 Å². The number of nitrogen functional groups attached to an aromatic ring is 1. The number of para-hydroxylation sites is 1. The van der Waals surface area contributed by atoms with Crippen molar-refractivity contribution in [2.45, 2.75) is 19.8 Å². The van der Waals surface area contributed by atoms with E-state index in [0.717, 1.165) is 17.9 Å². The lowest BCUT2D eigenvalue weighted by Gasteiger charge is -2.23. The van der Waals surface area contributed by atoms with Crippen LogP contribution in [0.1, 0.15) is 19.2 Å². The molecule has 0 unspecified atom stereocenters. The topological polar surface area (TPSA) is 78.8 Å². The third kappa shape index (κ3) is 3.23. The molecule has 102 valence electrons. The Morgan fingerprint density at radius 1 is 1.25 bits per heavy atom. The first-order chi connectivity index (χ1) is 9.74. The van der Waals surface area contributed by atoms with Crippen molar-refractivity contribution >= 4 is 17.3 Å². The number of nitrogens with zero attached hydrogens (tertiary/aromatic N) is 4. The van der Waals surface area contributed by atoms with Crippen molar-refractivity contribution < 1.29 is 0 Å². The van der Waals surface area contributed by atoms with Gasteiger partial charge in [-0.15, -0.1) is 0 Å². The molecule has 0 aliphatic heterocycles. The standard InChI is InChI=1S/C15H17N5/c1-2-14-18-13(17)11-15(19-14)20(10-6-9-16)12-7-4-3-5-8-12/h3-5,7-8,11H,2,6,10H2,1H3,(H2,17,18,19). The van der Waals surface area contributed by atoms with Gasteiger partial charge in [0.05, 0.1) is 12.5 Å². The molecule has 5 heteroatoms. The summed E-state index contributed by atoms with van der Waals surface area (Å²) >= 11 is 0. The summed E-state index contributed by atoms with van der Waals surface area (Å²) < 4.78 is 0. The molecule has 0 amide bonds. The molecule has 20 heavy (non-hydrogen) atoms. The van der Waals surface area contributed by atoms with E-state index in [2.05, 4.69) is 16.0 Å². The van der Waals surface area contributed by atoms with E-state index in [1.807, 2.05) is 42.2 Å². The zero-order valence-corrected chi connectivity index (χ0v) is 11.5. The summed E-state index contributed by atoms with van der Waals surface area (Å²) in [5.74, 6) is 1.89. The number of aromatic nitrogens is 2. The van der Waals surface area contributed by atoms with Crippen molar-refractivity contribution in [1.29, 1.82) is 5.26 Å². The molecule has 0 saturated carbocycles. The van der Waals surface area contributed by atoms with E-state index in [9.17, 15) is 0 Å². The van der Waals surface area contributed by atoms with Crippen LogP contribution in [0.2, 0.25) is 0 Å². The minimum atomic E-state index is 0.417. The summed E-state index contributed by atoms with van der Waals surface area (Å²) in [5.41, 5.74) is 6.83. The average molecular weight is 267 g/mol. The van der Waals surface area contributed by atoms with Gasteiger partial charge >= 0.3 is 0 Å². The van der Waals surface area contributed by atoms with Crippen LogP contribution >= 0.6 is 0 Å². The SMILES string of the molecule is CCc1nc(N)cc(N(CCC#N)c2ccccc2)n1. The van der Waals surface area contributed by atoms with Gasteiger partial charge in [-0.05, 0) is 12.1 Å². The van der Waals surface area contributed by atoms with Crippen molar-refractivity contribution in [2.24, 2.45) is 0 Å². The van der Waals surface area contributed by atoms with Gasteiger partial charge in [0, 0.05) is 24.7 Å². The maximum Gasteiger partial charge on any atom is 0.138 e. The monoisotopic (exact) mass is 267 g/mol. The molecule has 2 rings (SSSR count). The highest BCUT2D eigenvalue weighted by atomic mass is 15.2. The third-order valence-electron chi connectivity index (χ3n) is 2.89. The van der Waals surface area contributed by atoms with Crippen LogP contribution in [-0.4, -0.2) is 16.5 Å². The summed E-state index contributed by atoms with van der Waals surface area (Å²) in [5, 5.41) is 8.83. The smallest absolute Gasteiger partial charge is 0.138 e. The fourth-order valence-electron chi connectivity index (χ4n) is 1.95. The number of anilines is 3. The summed E-state index contributed by atoms with van der Waals surface area (Å²) in [7, 11) is 0. The Hall–Kier alpha value is -2.61. The molecule has 5 nitrogen and oxygen atoms in total. The molecule has 1 aromatic carbocycles. The number of nitrogens with two attached hydrogens (primary N) is 1. The Labute approximate surface area is 118 Å². The van der Waals surface area contributed by atoms with E-state index in [-0.39, 0.29) is 0 Å². The molecule has 0 fully saturated rings. The van der Waals surface area contributed by atoms with Crippen LogP contribution in [0.15, 0.2) is 36.4 Å². The molecule has 0 atom stereocenters. The zero-order valence-electron chi connectivity index (χ0n) is 11.5. The van der Waals surface area contributed by atoms with E-state index < -0.39 is 0 Å². The minimum absolute atomic E-state index is 0.417. The van der Waals surface area contributed by atoms with Gasteiger partial charge in [-0.2, -0.15) is 5.26 Å². The number of hydrogen-bond donors (Lipinski definition) is 1. The fourth-order valence-corrected chi connectivity index (χ4v) is 1.95. The summed E-state index contributed by atoms with van der Waals surface area (Å²) in [6, 6.07) is 13.8. The molecule has 0 radical (unpaired) electrons. The van der Waals surface area contributed by atoms with E-state index in [4.69, 9.17) is 11.0 Å². The van der Waals surface area contributed by atoms with Crippen LogP contribution in [0.4, 0.5) is 17.3 Å². The first-order valence-corrected chi connectivity index (χ1v) is 6.57. The number of aryl methyl sites for hydroxylation is 1. The average Bonchev–Trinajstić information content (AvgIpc) is 2.48. The van der Waals surface area contributed by atoms with E-state index >= 15 is 0 Å². The first-order valence-electron chi connectivity index (χ1n) is 6.57. The van der Waals surface area contributed by atoms with Crippen molar-refractivity contribution in [2.75, 3.05) is 17.2 Å². The third-order valence-corrected chi connectivity index (χ3v) is 2.89. The Morgan fingerprint density at radius 2 is 2.00 bits per heavy atom. The highest BCUT2D eigenvalue weighted by molar-refractivity contribution is 5.61. The van der Waals surface area contributed by atoms with Crippen LogP contribution in [0.3, 0.4) is 0 Å². The van der Waals surface area contributed by atoms with Crippen molar-refractivity contribution in [3.8, 4) is 6.07 Å². The summed E-state index contributed by atoms with van der Waals surface area (Å²) in [6.07, 6.45) is 1.14. The first kappa shape index (κ1) is 13.8. The van der Waals surface area contributed by atoms with Crippen LogP contribution in [0.25, 0.3) is 0 Å².